The maximum Gasteiger partial charge on any atom is 0.145 e. The fourth-order valence-corrected chi connectivity index (χ4v) is 6.20. The number of benzene rings is 4. The summed E-state index contributed by atoms with van der Waals surface area (Å²) in [4.78, 5) is 9.43. The number of pyridine rings is 2. The maximum atomic E-state index is 6.53. The first-order valence-electron chi connectivity index (χ1n) is 13.9. The molecular formula is C36H28N4O. The Balaban J connectivity index is 1.29. The number of aromatic nitrogens is 4. The molecule has 0 saturated carbocycles. The average Bonchev–Trinajstić information content (AvgIpc) is 3.60. The van der Waals surface area contributed by atoms with E-state index in [4.69, 9.17) is 9.72 Å². The van der Waals surface area contributed by atoms with Crippen LogP contribution in [0, 0.1) is 0 Å². The van der Waals surface area contributed by atoms with Crippen LogP contribution in [-0.4, -0.2) is 18.9 Å². The van der Waals surface area contributed by atoms with Crippen LogP contribution in [0.3, 0.4) is 0 Å². The van der Waals surface area contributed by atoms with Gasteiger partial charge in [-0.2, -0.15) is 0 Å². The zero-order chi connectivity index (χ0) is 27.7. The van der Waals surface area contributed by atoms with Crippen molar-refractivity contribution in [1.82, 2.24) is 18.9 Å². The van der Waals surface area contributed by atoms with Gasteiger partial charge in [0.05, 0.1) is 16.6 Å². The molecule has 0 unspecified atom stereocenters. The zero-order valence-corrected chi connectivity index (χ0v) is 23.2. The average molecular weight is 533 g/mol. The molecule has 0 atom stereocenters. The Morgan fingerprint density at radius 3 is 2.20 bits per heavy atom. The molecule has 198 valence electrons. The zero-order valence-electron chi connectivity index (χ0n) is 23.2. The highest BCUT2D eigenvalue weighted by atomic mass is 16.5. The number of hydrogen-bond acceptors (Lipinski definition) is 3. The van der Waals surface area contributed by atoms with Crippen molar-refractivity contribution in [3.05, 3.63) is 121 Å². The summed E-state index contributed by atoms with van der Waals surface area (Å²) in [6.45, 7) is 6.78. The minimum absolute atomic E-state index is 0.00379. The van der Waals surface area contributed by atoms with Crippen molar-refractivity contribution in [2.45, 2.75) is 26.2 Å². The van der Waals surface area contributed by atoms with E-state index in [-0.39, 0.29) is 5.41 Å². The Labute approximate surface area is 237 Å². The molecule has 4 heterocycles. The Morgan fingerprint density at radius 1 is 0.610 bits per heavy atom. The van der Waals surface area contributed by atoms with Crippen molar-refractivity contribution >= 4 is 49.1 Å². The van der Waals surface area contributed by atoms with Crippen molar-refractivity contribution < 1.29 is 4.74 Å². The smallest absolute Gasteiger partial charge is 0.145 e. The number of nitrogens with zero attached hydrogens (tertiary/aromatic N) is 4. The van der Waals surface area contributed by atoms with Gasteiger partial charge in [0.25, 0.3) is 0 Å². The highest BCUT2D eigenvalue weighted by molar-refractivity contribution is 6.13. The number of hydrogen-bond donors (Lipinski definition) is 0. The third-order valence-corrected chi connectivity index (χ3v) is 8.01. The van der Waals surface area contributed by atoms with Crippen LogP contribution in [0.4, 0.5) is 0 Å². The van der Waals surface area contributed by atoms with Crippen molar-refractivity contribution in [2.24, 2.45) is 0 Å². The molecule has 5 heteroatoms. The normalized spacial score (nSPS) is 12.3. The topological polar surface area (TPSA) is 44.3 Å². The second kappa shape index (κ2) is 8.67. The number of imidazole rings is 1. The summed E-state index contributed by atoms with van der Waals surface area (Å²) in [6.07, 6.45) is 5.77. The van der Waals surface area contributed by atoms with Crippen molar-refractivity contribution in [2.75, 3.05) is 0 Å². The largest absolute Gasteiger partial charge is 0.457 e. The van der Waals surface area contributed by atoms with E-state index in [0.717, 1.165) is 44.8 Å². The van der Waals surface area contributed by atoms with Gasteiger partial charge >= 0.3 is 0 Å². The molecule has 0 bridgehead atoms. The molecule has 0 fully saturated rings. The summed E-state index contributed by atoms with van der Waals surface area (Å²) in [5.74, 6) is 2.42. The lowest BCUT2D eigenvalue weighted by molar-refractivity contribution is 0.484. The third kappa shape index (κ3) is 3.62. The summed E-state index contributed by atoms with van der Waals surface area (Å²) in [7, 11) is 0. The minimum atomic E-state index is 0.00379. The van der Waals surface area contributed by atoms with Crippen LogP contribution >= 0.6 is 0 Å². The van der Waals surface area contributed by atoms with Crippen molar-refractivity contribution in [1.29, 1.82) is 0 Å². The molecule has 4 aromatic heterocycles. The second-order valence-corrected chi connectivity index (χ2v) is 11.6. The first-order valence-corrected chi connectivity index (χ1v) is 13.9. The molecule has 0 N–H and O–H groups in total. The van der Waals surface area contributed by atoms with Crippen LogP contribution in [0.1, 0.15) is 26.3 Å². The highest BCUT2D eigenvalue weighted by Gasteiger charge is 2.21. The van der Waals surface area contributed by atoms with Gasteiger partial charge < -0.3 is 4.74 Å². The molecule has 8 aromatic rings. The fourth-order valence-electron chi connectivity index (χ4n) is 6.20. The first kappa shape index (κ1) is 23.7. The van der Waals surface area contributed by atoms with Crippen LogP contribution in [0.25, 0.3) is 54.9 Å². The summed E-state index contributed by atoms with van der Waals surface area (Å²) in [5, 5.41) is 5.80. The van der Waals surface area contributed by atoms with Gasteiger partial charge in [0, 0.05) is 46.2 Å². The standard InChI is InChI=1S/C36H28N4O/c1-36(2,3)30-11-8-10-28-25-16-14-23(21-29(25)35-38-19-20-39(35)34(28)30)41-24-15-17-27-26-9-4-5-12-31(26)40(32(27)22-24)33-13-6-7-18-37-33/h4-22H,1-3H3. The van der Waals surface area contributed by atoms with Crippen LogP contribution in [0.2, 0.25) is 0 Å². The van der Waals surface area contributed by atoms with E-state index in [9.17, 15) is 0 Å². The van der Waals surface area contributed by atoms with E-state index in [0.29, 0.717) is 0 Å². The van der Waals surface area contributed by atoms with Crippen LogP contribution in [0.15, 0.2) is 116 Å². The van der Waals surface area contributed by atoms with Gasteiger partial charge in [-0.25, -0.2) is 9.97 Å². The van der Waals surface area contributed by atoms with Gasteiger partial charge in [-0.05, 0) is 64.9 Å². The van der Waals surface area contributed by atoms with E-state index in [2.05, 4.69) is 114 Å². The molecule has 0 amide bonds. The minimum Gasteiger partial charge on any atom is -0.457 e. The van der Waals surface area contributed by atoms with Crippen LogP contribution in [0.5, 0.6) is 11.5 Å². The SMILES string of the molecule is CC(C)(C)c1cccc2c3ccc(Oc4ccc5c6ccccc6n(-c6ccccn6)c5c4)cc3c3nccn3c12. The number of fused-ring (bicyclic) bond motifs is 9. The molecule has 8 rings (SSSR count). The number of rotatable bonds is 3. The van der Waals surface area contributed by atoms with E-state index in [1.54, 1.807) is 0 Å². The molecular weight excluding hydrogens is 504 g/mol. The van der Waals surface area contributed by atoms with Gasteiger partial charge in [-0.15, -0.1) is 0 Å². The Hall–Kier alpha value is -5.16. The van der Waals surface area contributed by atoms with E-state index in [1.165, 1.54) is 27.2 Å². The van der Waals surface area contributed by atoms with Gasteiger partial charge in [-0.1, -0.05) is 63.2 Å². The molecule has 41 heavy (non-hydrogen) atoms. The lowest BCUT2D eigenvalue weighted by atomic mass is 9.85. The van der Waals surface area contributed by atoms with E-state index in [1.807, 2.05) is 36.7 Å². The first-order chi connectivity index (χ1) is 20.0. The van der Waals surface area contributed by atoms with Gasteiger partial charge in [0.2, 0.25) is 0 Å². The van der Waals surface area contributed by atoms with Gasteiger partial charge in [0.15, 0.2) is 0 Å². The van der Waals surface area contributed by atoms with E-state index >= 15 is 0 Å². The highest BCUT2D eigenvalue weighted by Crippen LogP contribution is 2.39. The molecule has 0 radical (unpaired) electrons. The Kier molecular flexibility index (Phi) is 5.01. The Morgan fingerprint density at radius 2 is 1.37 bits per heavy atom. The summed E-state index contributed by atoms with van der Waals surface area (Å²) >= 11 is 0. The quantitative estimate of drug-likeness (QED) is 0.213. The fraction of sp³-hybridized carbons (Fsp3) is 0.111. The van der Waals surface area contributed by atoms with Crippen molar-refractivity contribution in [3.8, 4) is 17.3 Å². The number of ether oxygens (including phenoxy) is 1. The van der Waals surface area contributed by atoms with E-state index < -0.39 is 0 Å². The Bertz CT molecular complexity index is 2270. The third-order valence-electron chi connectivity index (χ3n) is 8.01. The molecule has 0 spiro atoms. The molecule has 0 aliphatic heterocycles. The molecule has 0 aliphatic rings. The van der Waals surface area contributed by atoms with Crippen molar-refractivity contribution in [3.63, 3.8) is 0 Å². The molecule has 0 aliphatic carbocycles. The summed E-state index contributed by atoms with van der Waals surface area (Å²) in [5.41, 5.74) is 5.62. The predicted octanol–water partition coefficient (Wildman–Crippen LogP) is 9.22. The molecule has 5 nitrogen and oxygen atoms in total. The van der Waals surface area contributed by atoms with Gasteiger partial charge in [-0.3, -0.25) is 8.97 Å². The van der Waals surface area contributed by atoms with Crippen LogP contribution in [-0.2, 0) is 5.41 Å². The number of para-hydroxylation sites is 2. The van der Waals surface area contributed by atoms with Crippen LogP contribution < -0.4 is 4.74 Å². The maximum absolute atomic E-state index is 6.53. The summed E-state index contributed by atoms with van der Waals surface area (Å²) < 4.78 is 10.9. The van der Waals surface area contributed by atoms with Gasteiger partial charge in [0.1, 0.15) is 23.0 Å². The lowest BCUT2D eigenvalue weighted by Crippen LogP contribution is -2.13. The molecule has 4 aromatic carbocycles. The predicted molar refractivity (Wildman–Crippen MR) is 168 cm³/mol. The lowest BCUT2D eigenvalue weighted by Gasteiger charge is -2.23. The molecule has 0 saturated heterocycles. The monoisotopic (exact) mass is 532 g/mol. The second-order valence-electron chi connectivity index (χ2n) is 11.6. The summed E-state index contributed by atoms with van der Waals surface area (Å²) in [6, 6.07) is 33.7.